The zero-order valence-electron chi connectivity index (χ0n) is 12.6. The number of nitrogens with one attached hydrogen (secondary N) is 1. The van der Waals surface area contributed by atoms with Crippen LogP contribution >= 0.6 is 22.9 Å². The van der Waals surface area contributed by atoms with Gasteiger partial charge in [-0.3, -0.25) is 14.9 Å². The first-order valence-electron chi connectivity index (χ1n) is 7.04. The van der Waals surface area contributed by atoms with Crippen LogP contribution in [0, 0.1) is 11.2 Å². The van der Waals surface area contributed by atoms with E-state index < -0.39 is 11.7 Å². The summed E-state index contributed by atoms with van der Waals surface area (Å²) < 4.78 is 13.0. The number of thiazole rings is 1. The molecular weight excluding hydrogens is 339 g/mol. The van der Waals surface area contributed by atoms with E-state index in [-0.39, 0.29) is 21.8 Å². The van der Waals surface area contributed by atoms with Crippen molar-refractivity contribution >= 4 is 39.8 Å². The molecule has 0 atom stereocenters. The Kier molecular flexibility index (Phi) is 3.98. The predicted octanol–water partition coefficient (Wildman–Crippen LogP) is 4.34. The molecule has 1 aliphatic carbocycles. The molecule has 0 aliphatic heterocycles. The summed E-state index contributed by atoms with van der Waals surface area (Å²) in [5.41, 5.74) is 0.754. The topological polar surface area (TPSA) is 59.1 Å². The van der Waals surface area contributed by atoms with Crippen molar-refractivity contribution in [1.29, 1.82) is 0 Å². The van der Waals surface area contributed by atoms with Gasteiger partial charge in [0.05, 0.1) is 21.2 Å². The monoisotopic (exact) mass is 352 g/mol. The molecular formula is C16H14ClFN2O2S. The average Bonchev–Trinajstić information content (AvgIpc) is 2.79. The molecule has 1 aliphatic rings. The SMILES string of the molecule is CC1(C)CC(=O)c2sc(NC(=O)c3ccc(F)cc3Cl)nc2C1. The zero-order chi connectivity index (χ0) is 16.8. The van der Waals surface area contributed by atoms with Crippen LogP contribution in [0.2, 0.25) is 5.02 Å². The smallest absolute Gasteiger partial charge is 0.258 e. The second-order valence-corrected chi connectivity index (χ2v) is 7.72. The minimum atomic E-state index is -0.510. The second kappa shape index (κ2) is 5.69. The van der Waals surface area contributed by atoms with E-state index in [1.54, 1.807) is 0 Å². The third-order valence-corrected chi connectivity index (χ3v) is 5.00. The number of nitrogens with zero attached hydrogens (tertiary/aromatic N) is 1. The van der Waals surface area contributed by atoms with E-state index in [2.05, 4.69) is 10.3 Å². The van der Waals surface area contributed by atoms with Gasteiger partial charge in [0, 0.05) is 6.42 Å². The fourth-order valence-electron chi connectivity index (χ4n) is 2.61. The third kappa shape index (κ3) is 3.28. The molecule has 0 fully saturated rings. The summed E-state index contributed by atoms with van der Waals surface area (Å²) in [5, 5.41) is 3.01. The number of carbonyl (C=O) groups excluding carboxylic acids is 2. The third-order valence-electron chi connectivity index (χ3n) is 3.63. The molecule has 1 aromatic heterocycles. The number of hydrogen-bond donors (Lipinski definition) is 1. The molecule has 1 N–H and O–H groups in total. The first-order chi connectivity index (χ1) is 10.7. The maximum Gasteiger partial charge on any atom is 0.258 e. The van der Waals surface area contributed by atoms with Crippen LogP contribution in [0.25, 0.3) is 0 Å². The van der Waals surface area contributed by atoms with Crippen LogP contribution in [-0.2, 0) is 6.42 Å². The molecule has 0 saturated heterocycles. The van der Waals surface area contributed by atoms with E-state index in [9.17, 15) is 14.0 Å². The molecule has 1 amide bonds. The number of anilines is 1. The van der Waals surface area contributed by atoms with Crippen molar-refractivity contribution in [2.75, 3.05) is 5.32 Å². The number of benzene rings is 1. The van der Waals surface area contributed by atoms with E-state index in [0.717, 1.165) is 11.8 Å². The molecule has 0 radical (unpaired) electrons. The summed E-state index contributed by atoms with van der Waals surface area (Å²) in [5.74, 6) is -0.939. The quantitative estimate of drug-likeness (QED) is 0.874. The van der Waals surface area contributed by atoms with E-state index in [1.165, 1.54) is 23.5 Å². The van der Waals surface area contributed by atoms with Crippen LogP contribution in [0.15, 0.2) is 18.2 Å². The normalized spacial score (nSPS) is 16.1. The Bertz CT molecular complexity index is 816. The highest BCUT2D eigenvalue weighted by Crippen LogP contribution is 2.38. The molecule has 3 rings (SSSR count). The maximum absolute atomic E-state index is 13.0. The van der Waals surface area contributed by atoms with Crippen LogP contribution in [0.1, 0.15) is 46.0 Å². The number of halogens is 2. The molecule has 0 spiro atoms. The number of carbonyl (C=O) groups is 2. The first kappa shape index (κ1) is 16.1. The molecule has 2 aromatic rings. The standard InChI is InChI=1S/C16H14ClFN2O2S/c1-16(2)6-11-13(12(21)7-16)23-15(19-11)20-14(22)9-4-3-8(18)5-10(9)17/h3-5H,6-7H2,1-2H3,(H,19,20,22). The number of Topliss-reactive ketones (excluding diaryl/α,β-unsaturated/α-hetero) is 1. The van der Waals surface area contributed by atoms with Crippen LogP contribution in [0.3, 0.4) is 0 Å². The molecule has 0 unspecified atom stereocenters. The minimum Gasteiger partial charge on any atom is -0.298 e. The Hall–Kier alpha value is -1.79. The number of aromatic nitrogens is 1. The fraction of sp³-hybridized carbons (Fsp3) is 0.312. The molecule has 7 heteroatoms. The number of amides is 1. The van der Waals surface area contributed by atoms with Crippen molar-refractivity contribution in [3.05, 3.63) is 45.2 Å². The molecule has 4 nitrogen and oxygen atoms in total. The van der Waals surface area contributed by atoms with Gasteiger partial charge in [-0.05, 0) is 30.0 Å². The fourth-order valence-corrected chi connectivity index (χ4v) is 3.78. The summed E-state index contributed by atoms with van der Waals surface area (Å²) in [6, 6.07) is 3.56. The lowest BCUT2D eigenvalue weighted by Crippen LogP contribution is -2.26. The maximum atomic E-state index is 13.0. The molecule has 120 valence electrons. The van der Waals surface area contributed by atoms with E-state index in [4.69, 9.17) is 11.6 Å². The largest absolute Gasteiger partial charge is 0.298 e. The van der Waals surface area contributed by atoms with Gasteiger partial charge >= 0.3 is 0 Å². The van der Waals surface area contributed by atoms with Crippen molar-refractivity contribution in [2.45, 2.75) is 26.7 Å². The highest BCUT2D eigenvalue weighted by Gasteiger charge is 2.34. The van der Waals surface area contributed by atoms with Crippen molar-refractivity contribution in [2.24, 2.45) is 5.41 Å². The lowest BCUT2D eigenvalue weighted by Gasteiger charge is -2.26. The number of ketones is 1. The van der Waals surface area contributed by atoms with Crippen LogP contribution < -0.4 is 5.32 Å². The Morgan fingerprint density at radius 3 is 2.83 bits per heavy atom. The van der Waals surface area contributed by atoms with E-state index >= 15 is 0 Å². The van der Waals surface area contributed by atoms with Gasteiger partial charge in [-0.15, -0.1) is 0 Å². The van der Waals surface area contributed by atoms with E-state index in [0.29, 0.717) is 22.9 Å². The van der Waals surface area contributed by atoms with Crippen molar-refractivity contribution in [3.63, 3.8) is 0 Å². The van der Waals surface area contributed by atoms with Crippen LogP contribution in [0.5, 0.6) is 0 Å². The Balaban J connectivity index is 1.84. The predicted molar refractivity (Wildman–Crippen MR) is 87.9 cm³/mol. The minimum absolute atomic E-state index is 0.0287. The first-order valence-corrected chi connectivity index (χ1v) is 8.24. The zero-order valence-corrected chi connectivity index (χ0v) is 14.1. The van der Waals surface area contributed by atoms with Crippen molar-refractivity contribution < 1.29 is 14.0 Å². The van der Waals surface area contributed by atoms with Crippen molar-refractivity contribution in [3.8, 4) is 0 Å². The lowest BCUT2D eigenvalue weighted by atomic mass is 9.78. The highest BCUT2D eigenvalue weighted by molar-refractivity contribution is 7.17. The molecule has 0 bridgehead atoms. The Morgan fingerprint density at radius 1 is 1.39 bits per heavy atom. The lowest BCUT2D eigenvalue weighted by molar-refractivity contribution is 0.0915. The molecule has 1 heterocycles. The summed E-state index contributed by atoms with van der Waals surface area (Å²) in [7, 11) is 0. The summed E-state index contributed by atoms with van der Waals surface area (Å²) in [6.45, 7) is 4.04. The molecule has 1 aromatic carbocycles. The van der Waals surface area contributed by atoms with Crippen molar-refractivity contribution in [1.82, 2.24) is 4.98 Å². The number of rotatable bonds is 2. The summed E-state index contributed by atoms with van der Waals surface area (Å²) in [4.78, 5) is 29.3. The second-order valence-electron chi connectivity index (χ2n) is 6.31. The van der Waals surface area contributed by atoms with Gasteiger partial charge < -0.3 is 0 Å². The van der Waals surface area contributed by atoms with Crippen LogP contribution in [-0.4, -0.2) is 16.7 Å². The summed E-state index contributed by atoms with van der Waals surface area (Å²) >= 11 is 7.05. The molecule has 0 saturated carbocycles. The Labute approximate surface area is 141 Å². The highest BCUT2D eigenvalue weighted by atomic mass is 35.5. The van der Waals surface area contributed by atoms with Gasteiger partial charge in [0.15, 0.2) is 10.9 Å². The van der Waals surface area contributed by atoms with Gasteiger partial charge in [0.2, 0.25) is 0 Å². The van der Waals surface area contributed by atoms with Gasteiger partial charge in [0.1, 0.15) is 5.82 Å². The number of fused-ring (bicyclic) bond motifs is 1. The average molecular weight is 353 g/mol. The van der Waals surface area contributed by atoms with Gasteiger partial charge in [0.25, 0.3) is 5.91 Å². The van der Waals surface area contributed by atoms with E-state index in [1.807, 2.05) is 13.8 Å². The van der Waals surface area contributed by atoms with Gasteiger partial charge in [-0.1, -0.05) is 36.8 Å². The van der Waals surface area contributed by atoms with Gasteiger partial charge in [-0.25, -0.2) is 9.37 Å². The van der Waals surface area contributed by atoms with Crippen LogP contribution in [0.4, 0.5) is 9.52 Å². The Morgan fingerprint density at radius 2 is 2.13 bits per heavy atom. The summed E-state index contributed by atoms with van der Waals surface area (Å²) in [6.07, 6.45) is 1.16. The van der Waals surface area contributed by atoms with Gasteiger partial charge in [-0.2, -0.15) is 0 Å². The number of hydrogen-bond acceptors (Lipinski definition) is 4. The molecule has 23 heavy (non-hydrogen) atoms.